The van der Waals surface area contributed by atoms with E-state index >= 15 is 0 Å². The molecule has 0 aliphatic carbocycles. The van der Waals surface area contributed by atoms with Gasteiger partial charge in [0.1, 0.15) is 0 Å². The molecule has 0 radical (unpaired) electrons. The molecule has 0 spiro atoms. The van der Waals surface area contributed by atoms with Crippen LogP contribution in [-0.2, 0) is 0 Å². The topological polar surface area (TPSA) is 64.9 Å². The fourth-order valence-corrected chi connectivity index (χ4v) is 1.68. The van der Waals surface area contributed by atoms with Gasteiger partial charge in [-0.3, -0.25) is 4.68 Å². The second-order valence-electron chi connectivity index (χ2n) is 4.95. The average molecular weight is 275 g/mol. The predicted molar refractivity (Wildman–Crippen MR) is 78.2 cm³/mol. The van der Waals surface area contributed by atoms with Crippen molar-refractivity contribution in [2.75, 3.05) is 11.9 Å². The fraction of sp³-hybridized carbons (Fsp3) is 0.500. The zero-order valence-corrected chi connectivity index (χ0v) is 12.4. The van der Waals surface area contributed by atoms with E-state index in [2.05, 4.69) is 41.2 Å². The molecule has 0 amide bonds. The summed E-state index contributed by atoms with van der Waals surface area (Å²) in [6.07, 6.45) is 4.58. The number of aromatic nitrogens is 4. The minimum Gasteiger partial charge on any atom is -0.436 e. The molecular weight excluding hydrogens is 254 g/mol. The number of hydrogen-bond donors (Lipinski definition) is 1. The Morgan fingerprint density at radius 1 is 1.35 bits per heavy atom. The predicted octanol–water partition coefficient (Wildman–Crippen LogP) is 3.18. The first-order valence-corrected chi connectivity index (χ1v) is 6.90. The third-order valence-electron chi connectivity index (χ3n) is 2.69. The van der Waals surface area contributed by atoms with Crippen LogP contribution in [0.25, 0.3) is 0 Å². The number of anilines is 1. The lowest BCUT2D eigenvalue weighted by molar-refractivity contribution is 0.458. The molecule has 20 heavy (non-hydrogen) atoms. The van der Waals surface area contributed by atoms with E-state index in [1.807, 2.05) is 23.9 Å². The van der Waals surface area contributed by atoms with Gasteiger partial charge in [-0.2, -0.15) is 10.1 Å². The summed E-state index contributed by atoms with van der Waals surface area (Å²) in [5.74, 6) is 1.80. The minimum absolute atomic E-state index is 0.307. The zero-order valence-electron chi connectivity index (χ0n) is 12.4. The number of aryl methyl sites for hydroxylation is 1. The zero-order chi connectivity index (χ0) is 14.5. The van der Waals surface area contributed by atoms with E-state index in [0.29, 0.717) is 23.6 Å². The summed E-state index contributed by atoms with van der Waals surface area (Å²) < 4.78 is 7.58. The number of ether oxygens (including phenoxy) is 1. The first-order chi connectivity index (χ1) is 9.58. The van der Waals surface area contributed by atoms with Crippen molar-refractivity contribution in [1.29, 1.82) is 0 Å². The number of nitrogens with one attached hydrogen (secondary N) is 1. The number of rotatable bonds is 6. The van der Waals surface area contributed by atoms with Crippen molar-refractivity contribution in [2.24, 2.45) is 0 Å². The summed E-state index contributed by atoms with van der Waals surface area (Å²) in [7, 11) is 0. The van der Waals surface area contributed by atoms with Crippen molar-refractivity contribution in [3.8, 4) is 11.6 Å². The van der Waals surface area contributed by atoms with Crippen LogP contribution in [0.15, 0.2) is 18.5 Å². The van der Waals surface area contributed by atoms with Crippen molar-refractivity contribution < 1.29 is 4.74 Å². The highest BCUT2D eigenvalue weighted by molar-refractivity contribution is 5.32. The maximum atomic E-state index is 5.74. The Morgan fingerprint density at radius 3 is 2.80 bits per heavy atom. The van der Waals surface area contributed by atoms with Gasteiger partial charge in [0.25, 0.3) is 0 Å². The summed E-state index contributed by atoms with van der Waals surface area (Å²) in [5, 5.41) is 7.40. The molecule has 0 aliphatic heterocycles. The largest absolute Gasteiger partial charge is 0.436 e. The summed E-state index contributed by atoms with van der Waals surface area (Å²) in [4.78, 5) is 8.66. The smallest absolute Gasteiger partial charge is 0.226 e. The molecule has 0 aliphatic rings. The summed E-state index contributed by atoms with van der Waals surface area (Å²) in [5.41, 5.74) is 0.866. The Bertz CT molecular complexity index is 564. The van der Waals surface area contributed by atoms with E-state index in [9.17, 15) is 0 Å². The first kappa shape index (κ1) is 14.3. The molecule has 0 fully saturated rings. The molecule has 0 saturated carbocycles. The second kappa shape index (κ2) is 6.36. The molecule has 0 bridgehead atoms. The van der Waals surface area contributed by atoms with Crippen molar-refractivity contribution >= 4 is 5.95 Å². The number of hydrogen-bond acceptors (Lipinski definition) is 5. The number of nitrogens with zero attached hydrogens (tertiary/aromatic N) is 4. The van der Waals surface area contributed by atoms with Gasteiger partial charge in [0.2, 0.25) is 11.8 Å². The lowest BCUT2D eigenvalue weighted by Gasteiger charge is -2.07. The Morgan fingerprint density at radius 2 is 2.15 bits per heavy atom. The Kier molecular flexibility index (Phi) is 4.55. The van der Waals surface area contributed by atoms with Gasteiger partial charge in [-0.25, -0.2) is 4.98 Å². The second-order valence-corrected chi connectivity index (χ2v) is 4.95. The van der Waals surface area contributed by atoms with Crippen molar-refractivity contribution in [3.05, 3.63) is 24.2 Å². The van der Waals surface area contributed by atoms with Crippen LogP contribution in [0.4, 0.5) is 5.95 Å². The van der Waals surface area contributed by atoms with Gasteiger partial charge in [0.15, 0.2) is 5.75 Å². The van der Waals surface area contributed by atoms with Crippen LogP contribution in [0.1, 0.15) is 38.9 Å². The standard InChI is InChI=1S/C14H21N5O/c1-5-6-15-14-17-11(4)7-13(18-14)20-12-8-16-19(9-12)10(2)3/h7-10H,5-6H2,1-4H3,(H,15,17,18). The molecule has 108 valence electrons. The van der Waals surface area contributed by atoms with Crippen molar-refractivity contribution in [1.82, 2.24) is 19.7 Å². The molecule has 6 nitrogen and oxygen atoms in total. The van der Waals surface area contributed by atoms with Gasteiger partial charge < -0.3 is 10.1 Å². The minimum atomic E-state index is 0.307. The Balaban J connectivity index is 2.13. The van der Waals surface area contributed by atoms with E-state index < -0.39 is 0 Å². The van der Waals surface area contributed by atoms with Crippen LogP contribution in [0.3, 0.4) is 0 Å². The van der Waals surface area contributed by atoms with Crippen molar-refractivity contribution in [2.45, 2.75) is 40.2 Å². The first-order valence-electron chi connectivity index (χ1n) is 6.90. The molecule has 2 rings (SSSR count). The third-order valence-corrected chi connectivity index (χ3v) is 2.69. The molecule has 0 saturated heterocycles. The van der Waals surface area contributed by atoms with Gasteiger partial charge in [-0.15, -0.1) is 0 Å². The maximum absolute atomic E-state index is 5.74. The SMILES string of the molecule is CCCNc1nc(C)cc(Oc2cnn(C(C)C)c2)n1. The molecule has 2 aromatic rings. The van der Waals surface area contributed by atoms with E-state index in [-0.39, 0.29) is 0 Å². The highest BCUT2D eigenvalue weighted by Crippen LogP contribution is 2.21. The highest BCUT2D eigenvalue weighted by atomic mass is 16.5. The van der Waals surface area contributed by atoms with E-state index in [1.165, 1.54) is 0 Å². The lowest BCUT2D eigenvalue weighted by Crippen LogP contribution is -2.05. The molecule has 0 aromatic carbocycles. The molecule has 2 heterocycles. The van der Waals surface area contributed by atoms with Gasteiger partial charge in [-0.05, 0) is 27.2 Å². The molecular formula is C14H21N5O. The van der Waals surface area contributed by atoms with Crippen LogP contribution < -0.4 is 10.1 Å². The van der Waals surface area contributed by atoms with Crippen LogP contribution >= 0.6 is 0 Å². The van der Waals surface area contributed by atoms with Gasteiger partial charge >= 0.3 is 0 Å². The summed E-state index contributed by atoms with van der Waals surface area (Å²) >= 11 is 0. The molecule has 1 N–H and O–H groups in total. The molecule has 0 atom stereocenters. The Labute approximate surface area is 119 Å². The molecule has 6 heteroatoms. The van der Waals surface area contributed by atoms with Crippen LogP contribution in [0, 0.1) is 6.92 Å². The monoisotopic (exact) mass is 275 g/mol. The average Bonchev–Trinajstić information content (AvgIpc) is 2.84. The quantitative estimate of drug-likeness (QED) is 0.877. The third kappa shape index (κ3) is 3.69. The van der Waals surface area contributed by atoms with Gasteiger partial charge in [0.05, 0.1) is 12.4 Å². The summed E-state index contributed by atoms with van der Waals surface area (Å²) in [6, 6.07) is 2.12. The molecule has 0 unspecified atom stereocenters. The van der Waals surface area contributed by atoms with Crippen LogP contribution in [0.5, 0.6) is 11.6 Å². The normalized spacial score (nSPS) is 10.8. The van der Waals surface area contributed by atoms with Crippen LogP contribution in [-0.4, -0.2) is 26.3 Å². The van der Waals surface area contributed by atoms with Gasteiger partial charge in [0, 0.05) is 24.3 Å². The highest BCUT2D eigenvalue weighted by Gasteiger charge is 2.07. The fourth-order valence-electron chi connectivity index (χ4n) is 1.68. The van der Waals surface area contributed by atoms with E-state index in [0.717, 1.165) is 18.7 Å². The van der Waals surface area contributed by atoms with Crippen molar-refractivity contribution in [3.63, 3.8) is 0 Å². The van der Waals surface area contributed by atoms with Gasteiger partial charge in [-0.1, -0.05) is 6.92 Å². The van der Waals surface area contributed by atoms with Crippen LogP contribution in [0.2, 0.25) is 0 Å². The molecule has 2 aromatic heterocycles. The lowest BCUT2D eigenvalue weighted by atomic mass is 10.4. The Hall–Kier alpha value is -2.11. The van der Waals surface area contributed by atoms with E-state index in [4.69, 9.17) is 4.74 Å². The maximum Gasteiger partial charge on any atom is 0.226 e. The summed E-state index contributed by atoms with van der Waals surface area (Å²) in [6.45, 7) is 8.99. The van der Waals surface area contributed by atoms with E-state index in [1.54, 1.807) is 6.20 Å².